The first-order valence-electron chi connectivity index (χ1n) is 5.91. The molecule has 17 heavy (non-hydrogen) atoms. The summed E-state index contributed by atoms with van der Waals surface area (Å²) < 4.78 is 11.6. The molecule has 0 aliphatic carbocycles. The van der Waals surface area contributed by atoms with Gasteiger partial charge in [0.15, 0.2) is 5.79 Å². The summed E-state index contributed by atoms with van der Waals surface area (Å²) in [4.78, 5) is 3.36. The molecule has 0 saturated carbocycles. The molecule has 3 heterocycles. The Morgan fingerprint density at radius 1 is 1.47 bits per heavy atom. The van der Waals surface area contributed by atoms with E-state index in [4.69, 9.17) is 14.9 Å². The summed E-state index contributed by atoms with van der Waals surface area (Å²) >= 11 is 1.73. The Hall–Kier alpha value is -0.910. The highest BCUT2D eigenvalue weighted by atomic mass is 32.1. The number of piperidine rings is 1. The van der Waals surface area contributed by atoms with Crippen LogP contribution in [0.3, 0.4) is 0 Å². The summed E-state index contributed by atoms with van der Waals surface area (Å²) in [5.74, 6) is -0.395. The van der Waals surface area contributed by atoms with Gasteiger partial charge >= 0.3 is 0 Å². The standard InChI is InChI=1S/C12H16N2O2S/c13-9-14-4-3-12(15-5-6-16-12)8-10(14)11-2-1-7-17-11/h1-2,7,9-10,13H,3-6,8H2. The van der Waals surface area contributed by atoms with Gasteiger partial charge in [0.2, 0.25) is 0 Å². The number of thiophene rings is 1. The van der Waals surface area contributed by atoms with Gasteiger partial charge in [-0.2, -0.15) is 0 Å². The molecule has 5 heteroatoms. The van der Waals surface area contributed by atoms with Crippen molar-refractivity contribution in [3.63, 3.8) is 0 Å². The van der Waals surface area contributed by atoms with Gasteiger partial charge < -0.3 is 14.4 Å². The maximum absolute atomic E-state index is 7.51. The lowest BCUT2D eigenvalue weighted by Crippen LogP contribution is -2.46. The first kappa shape index (κ1) is 11.2. The smallest absolute Gasteiger partial charge is 0.172 e. The van der Waals surface area contributed by atoms with Gasteiger partial charge in [0.05, 0.1) is 25.6 Å². The number of nitrogens with one attached hydrogen (secondary N) is 1. The topological polar surface area (TPSA) is 45.6 Å². The maximum atomic E-state index is 7.51. The highest BCUT2D eigenvalue weighted by Gasteiger charge is 2.44. The minimum atomic E-state index is -0.395. The Morgan fingerprint density at radius 3 is 2.94 bits per heavy atom. The Morgan fingerprint density at radius 2 is 2.29 bits per heavy atom. The molecule has 1 aromatic heterocycles. The second-order valence-corrected chi connectivity index (χ2v) is 5.44. The van der Waals surface area contributed by atoms with E-state index in [1.54, 1.807) is 11.3 Å². The van der Waals surface area contributed by atoms with Gasteiger partial charge in [-0.3, -0.25) is 5.41 Å². The second-order valence-electron chi connectivity index (χ2n) is 4.46. The molecule has 1 unspecified atom stereocenters. The summed E-state index contributed by atoms with van der Waals surface area (Å²) in [5, 5.41) is 9.59. The minimum absolute atomic E-state index is 0.222. The summed E-state index contributed by atoms with van der Waals surface area (Å²) in [7, 11) is 0. The van der Waals surface area contributed by atoms with Crippen LogP contribution in [-0.4, -0.2) is 36.8 Å². The normalized spacial score (nSPS) is 27.5. The number of rotatable bonds is 2. The van der Waals surface area contributed by atoms with Crippen LogP contribution >= 0.6 is 11.3 Å². The second kappa shape index (κ2) is 4.40. The third kappa shape index (κ3) is 1.99. The summed E-state index contributed by atoms with van der Waals surface area (Å²) in [6.45, 7) is 2.22. The Bertz CT molecular complexity index is 387. The van der Waals surface area contributed by atoms with E-state index in [-0.39, 0.29) is 6.04 Å². The fourth-order valence-electron chi connectivity index (χ4n) is 2.63. The van der Waals surface area contributed by atoms with E-state index in [0.717, 1.165) is 19.4 Å². The lowest BCUT2D eigenvalue weighted by atomic mass is 9.95. The molecule has 1 aromatic rings. The summed E-state index contributed by atoms with van der Waals surface area (Å²) in [5.41, 5.74) is 0. The van der Waals surface area contributed by atoms with Crippen molar-refractivity contribution in [3.8, 4) is 0 Å². The molecule has 0 bridgehead atoms. The van der Waals surface area contributed by atoms with Crippen LogP contribution in [0.1, 0.15) is 23.8 Å². The molecule has 1 spiro atoms. The van der Waals surface area contributed by atoms with E-state index in [1.807, 2.05) is 0 Å². The molecule has 0 radical (unpaired) electrons. The van der Waals surface area contributed by atoms with Crippen molar-refractivity contribution in [2.24, 2.45) is 0 Å². The van der Waals surface area contributed by atoms with Gasteiger partial charge in [0, 0.05) is 24.3 Å². The third-order valence-electron chi connectivity index (χ3n) is 3.51. The molecule has 2 aliphatic heterocycles. The minimum Gasteiger partial charge on any atom is -0.355 e. The highest BCUT2D eigenvalue weighted by Crippen LogP contribution is 2.41. The molecule has 1 atom stereocenters. The number of nitrogens with zero attached hydrogens (tertiary/aromatic N) is 1. The first-order valence-corrected chi connectivity index (χ1v) is 6.79. The van der Waals surface area contributed by atoms with Crippen LogP contribution in [0.4, 0.5) is 0 Å². The molecule has 92 valence electrons. The van der Waals surface area contributed by atoms with Crippen LogP contribution in [0.15, 0.2) is 17.5 Å². The SMILES string of the molecule is N=CN1CCC2(CC1c1cccs1)OCCO2. The van der Waals surface area contributed by atoms with Gasteiger partial charge in [-0.15, -0.1) is 11.3 Å². The fourth-order valence-corrected chi connectivity index (χ4v) is 3.48. The van der Waals surface area contributed by atoms with E-state index in [0.29, 0.717) is 13.2 Å². The Kier molecular flexibility index (Phi) is 2.90. The molecule has 0 aromatic carbocycles. The monoisotopic (exact) mass is 252 g/mol. The summed E-state index contributed by atoms with van der Waals surface area (Å²) in [6.07, 6.45) is 3.11. The number of hydrogen-bond acceptors (Lipinski definition) is 4. The van der Waals surface area contributed by atoms with Crippen molar-refractivity contribution in [3.05, 3.63) is 22.4 Å². The van der Waals surface area contributed by atoms with E-state index in [2.05, 4.69) is 22.4 Å². The van der Waals surface area contributed by atoms with Crippen LogP contribution in [0.25, 0.3) is 0 Å². The van der Waals surface area contributed by atoms with E-state index < -0.39 is 5.79 Å². The van der Waals surface area contributed by atoms with Gasteiger partial charge in [-0.25, -0.2) is 0 Å². The van der Waals surface area contributed by atoms with Crippen molar-refractivity contribution in [1.82, 2.24) is 4.90 Å². The molecule has 1 N–H and O–H groups in total. The van der Waals surface area contributed by atoms with E-state index in [1.165, 1.54) is 11.2 Å². The van der Waals surface area contributed by atoms with Gasteiger partial charge in [-0.1, -0.05) is 6.07 Å². The molecule has 2 fully saturated rings. The number of likely N-dealkylation sites (tertiary alicyclic amines) is 1. The zero-order valence-electron chi connectivity index (χ0n) is 9.59. The quantitative estimate of drug-likeness (QED) is 0.648. The van der Waals surface area contributed by atoms with Crippen LogP contribution in [0.5, 0.6) is 0 Å². The maximum Gasteiger partial charge on any atom is 0.172 e. The lowest BCUT2D eigenvalue weighted by Gasteiger charge is -2.42. The molecule has 0 amide bonds. The predicted octanol–water partition coefficient (Wildman–Crippen LogP) is 2.24. The van der Waals surface area contributed by atoms with Crippen LogP contribution in [-0.2, 0) is 9.47 Å². The lowest BCUT2D eigenvalue weighted by molar-refractivity contribution is -0.190. The average molecular weight is 252 g/mol. The zero-order chi connectivity index (χ0) is 11.7. The third-order valence-corrected chi connectivity index (χ3v) is 4.48. The van der Waals surface area contributed by atoms with E-state index >= 15 is 0 Å². The van der Waals surface area contributed by atoms with Gasteiger partial charge in [0.1, 0.15) is 0 Å². The number of hydrogen-bond donors (Lipinski definition) is 1. The van der Waals surface area contributed by atoms with Gasteiger partial charge in [0.25, 0.3) is 0 Å². The van der Waals surface area contributed by atoms with Crippen molar-refractivity contribution in [1.29, 1.82) is 5.41 Å². The molecule has 2 saturated heterocycles. The Labute approximate surface area is 105 Å². The molecule has 2 aliphatic rings. The van der Waals surface area contributed by atoms with Crippen LogP contribution in [0, 0.1) is 5.41 Å². The van der Waals surface area contributed by atoms with Crippen molar-refractivity contribution >= 4 is 17.7 Å². The molecular formula is C12H16N2O2S. The van der Waals surface area contributed by atoms with Gasteiger partial charge in [-0.05, 0) is 11.4 Å². The van der Waals surface area contributed by atoms with Crippen molar-refractivity contribution in [2.45, 2.75) is 24.7 Å². The first-order chi connectivity index (χ1) is 8.33. The van der Waals surface area contributed by atoms with Crippen molar-refractivity contribution < 1.29 is 9.47 Å². The van der Waals surface area contributed by atoms with E-state index in [9.17, 15) is 0 Å². The van der Waals surface area contributed by atoms with Crippen LogP contribution in [0.2, 0.25) is 0 Å². The Balaban J connectivity index is 1.84. The fraction of sp³-hybridized carbons (Fsp3) is 0.583. The molecular weight excluding hydrogens is 236 g/mol. The molecule has 4 nitrogen and oxygen atoms in total. The number of ether oxygens (including phenoxy) is 2. The van der Waals surface area contributed by atoms with Crippen LogP contribution < -0.4 is 0 Å². The highest BCUT2D eigenvalue weighted by molar-refractivity contribution is 7.10. The zero-order valence-corrected chi connectivity index (χ0v) is 10.4. The molecule has 3 rings (SSSR count). The summed E-state index contributed by atoms with van der Waals surface area (Å²) in [6, 6.07) is 4.40. The largest absolute Gasteiger partial charge is 0.355 e. The van der Waals surface area contributed by atoms with Crippen molar-refractivity contribution in [2.75, 3.05) is 19.8 Å². The predicted molar refractivity (Wildman–Crippen MR) is 66.4 cm³/mol. The average Bonchev–Trinajstić information content (AvgIpc) is 3.00.